The molecule has 0 saturated carbocycles. The molecule has 0 aliphatic carbocycles. The van der Waals surface area contributed by atoms with Gasteiger partial charge in [-0.2, -0.15) is 0 Å². The number of nitrogens with two attached hydrogens (primary N) is 1. The lowest BCUT2D eigenvalue weighted by Crippen LogP contribution is -2.41. The number of aromatic nitrogens is 1. The number of primary amides is 1. The SMILES string of the molecule is Cc1ccc(-c2cc(C(=O)NNC(=O)c3cccc(C(N)=O)c3)c3ccccc3n2)cc1. The molecule has 4 N–H and O–H groups in total. The van der Waals surface area contributed by atoms with Crippen molar-refractivity contribution in [2.24, 2.45) is 5.73 Å². The number of nitrogens with zero attached hydrogens (tertiary/aromatic N) is 1. The van der Waals surface area contributed by atoms with Crippen LogP contribution in [-0.4, -0.2) is 22.7 Å². The van der Waals surface area contributed by atoms with E-state index in [1.54, 1.807) is 18.2 Å². The summed E-state index contributed by atoms with van der Waals surface area (Å²) in [5.41, 5.74) is 14.2. The van der Waals surface area contributed by atoms with Gasteiger partial charge in [0.05, 0.1) is 16.8 Å². The second-order valence-electron chi connectivity index (χ2n) is 7.29. The highest BCUT2D eigenvalue weighted by atomic mass is 16.2. The van der Waals surface area contributed by atoms with Crippen molar-refractivity contribution < 1.29 is 14.4 Å². The molecule has 0 unspecified atom stereocenters. The number of benzene rings is 3. The molecule has 0 saturated heterocycles. The van der Waals surface area contributed by atoms with E-state index < -0.39 is 17.7 Å². The third kappa shape index (κ3) is 4.32. The monoisotopic (exact) mass is 424 g/mol. The number of amides is 3. The lowest BCUT2D eigenvalue weighted by Gasteiger charge is -2.12. The minimum absolute atomic E-state index is 0.196. The second kappa shape index (κ2) is 8.69. The fraction of sp³-hybridized carbons (Fsp3) is 0.0400. The van der Waals surface area contributed by atoms with Crippen LogP contribution < -0.4 is 16.6 Å². The second-order valence-corrected chi connectivity index (χ2v) is 7.29. The smallest absolute Gasteiger partial charge is 0.270 e. The van der Waals surface area contributed by atoms with Gasteiger partial charge in [-0.1, -0.05) is 54.1 Å². The highest BCUT2D eigenvalue weighted by molar-refractivity contribution is 6.08. The summed E-state index contributed by atoms with van der Waals surface area (Å²) in [6.07, 6.45) is 0. The lowest BCUT2D eigenvalue weighted by atomic mass is 10.0. The maximum Gasteiger partial charge on any atom is 0.270 e. The van der Waals surface area contributed by atoms with Gasteiger partial charge in [-0.25, -0.2) is 4.98 Å². The zero-order valence-electron chi connectivity index (χ0n) is 17.3. The Morgan fingerprint density at radius 1 is 0.781 bits per heavy atom. The highest BCUT2D eigenvalue weighted by Gasteiger charge is 2.15. The third-order valence-corrected chi connectivity index (χ3v) is 5.01. The van der Waals surface area contributed by atoms with Gasteiger partial charge in [0.15, 0.2) is 0 Å². The molecule has 7 nitrogen and oxygen atoms in total. The first-order valence-corrected chi connectivity index (χ1v) is 9.90. The van der Waals surface area contributed by atoms with Crippen molar-refractivity contribution in [3.8, 4) is 11.3 Å². The van der Waals surface area contributed by atoms with Gasteiger partial charge in [0, 0.05) is 22.1 Å². The topological polar surface area (TPSA) is 114 Å². The molecule has 1 aromatic heterocycles. The number of pyridine rings is 1. The van der Waals surface area contributed by atoms with E-state index in [9.17, 15) is 14.4 Å². The minimum Gasteiger partial charge on any atom is -0.366 e. The van der Waals surface area contributed by atoms with Crippen molar-refractivity contribution in [2.75, 3.05) is 0 Å². The summed E-state index contributed by atoms with van der Waals surface area (Å²) in [6.45, 7) is 2.00. The van der Waals surface area contributed by atoms with Crippen LogP contribution in [0.5, 0.6) is 0 Å². The molecule has 3 aromatic carbocycles. The average molecular weight is 424 g/mol. The Balaban J connectivity index is 1.61. The molecule has 0 radical (unpaired) electrons. The van der Waals surface area contributed by atoms with E-state index in [2.05, 4.69) is 15.8 Å². The van der Waals surface area contributed by atoms with Crippen molar-refractivity contribution in [2.45, 2.75) is 6.92 Å². The summed E-state index contributed by atoms with van der Waals surface area (Å²) in [4.78, 5) is 41.4. The van der Waals surface area contributed by atoms with Gasteiger partial charge in [0.1, 0.15) is 0 Å². The van der Waals surface area contributed by atoms with E-state index in [0.717, 1.165) is 11.1 Å². The van der Waals surface area contributed by atoms with Crippen molar-refractivity contribution >= 4 is 28.6 Å². The van der Waals surface area contributed by atoms with Gasteiger partial charge in [-0.15, -0.1) is 0 Å². The van der Waals surface area contributed by atoms with Crippen LogP contribution in [0.3, 0.4) is 0 Å². The van der Waals surface area contributed by atoms with Crippen molar-refractivity contribution in [1.82, 2.24) is 15.8 Å². The molecule has 158 valence electrons. The molecule has 4 aromatic rings. The maximum absolute atomic E-state index is 13.0. The molecular weight excluding hydrogens is 404 g/mol. The number of para-hydroxylation sites is 1. The van der Waals surface area contributed by atoms with Crippen LogP contribution in [-0.2, 0) is 0 Å². The minimum atomic E-state index is -0.643. The summed E-state index contributed by atoms with van der Waals surface area (Å²) >= 11 is 0. The summed E-state index contributed by atoms with van der Waals surface area (Å²) < 4.78 is 0. The molecule has 0 spiro atoms. The van der Waals surface area contributed by atoms with Crippen molar-refractivity contribution in [1.29, 1.82) is 0 Å². The number of fused-ring (bicyclic) bond motifs is 1. The number of aryl methyl sites for hydroxylation is 1. The summed E-state index contributed by atoms with van der Waals surface area (Å²) in [5, 5.41) is 0.658. The van der Waals surface area contributed by atoms with Crippen LogP contribution in [0.2, 0.25) is 0 Å². The first kappa shape index (κ1) is 20.7. The Morgan fingerprint density at radius 3 is 2.22 bits per heavy atom. The zero-order chi connectivity index (χ0) is 22.7. The Bertz CT molecular complexity index is 1350. The fourth-order valence-electron chi connectivity index (χ4n) is 3.30. The van der Waals surface area contributed by atoms with Crippen molar-refractivity contribution in [3.63, 3.8) is 0 Å². The molecule has 32 heavy (non-hydrogen) atoms. The quantitative estimate of drug-likeness (QED) is 0.436. The molecular formula is C25H20N4O3. The standard InChI is InChI=1S/C25H20N4O3/c1-15-9-11-16(12-10-15)22-14-20(19-7-2-3-8-21(19)27-22)25(32)29-28-24(31)18-6-4-5-17(13-18)23(26)30/h2-14H,1H3,(H2,26,30)(H,28,31)(H,29,32). The van der Waals surface area contributed by atoms with E-state index in [1.165, 1.54) is 18.2 Å². The highest BCUT2D eigenvalue weighted by Crippen LogP contribution is 2.25. The van der Waals surface area contributed by atoms with Crippen LogP contribution in [0, 0.1) is 6.92 Å². The fourth-order valence-corrected chi connectivity index (χ4v) is 3.30. The number of carbonyl (C=O) groups is 3. The molecule has 0 aliphatic heterocycles. The van der Waals surface area contributed by atoms with Crippen LogP contribution >= 0.6 is 0 Å². The number of rotatable bonds is 4. The van der Waals surface area contributed by atoms with E-state index in [1.807, 2.05) is 49.4 Å². The van der Waals surface area contributed by atoms with Gasteiger partial charge in [-0.05, 0) is 37.3 Å². The molecule has 0 atom stereocenters. The number of hydrazine groups is 1. The first-order valence-electron chi connectivity index (χ1n) is 9.90. The van der Waals surface area contributed by atoms with Crippen molar-refractivity contribution in [3.05, 3.63) is 101 Å². The molecule has 0 fully saturated rings. The summed E-state index contributed by atoms with van der Waals surface area (Å²) in [5.74, 6) is -1.70. The van der Waals surface area contributed by atoms with E-state index in [-0.39, 0.29) is 11.1 Å². The van der Waals surface area contributed by atoms with Gasteiger partial charge in [0.25, 0.3) is 11.8 Å². The molecule has 7 heteroatoms. The predicted octanol–water partition coefficient (Wildman–Crippen LogP) is 3.38. The van der Waals surface area contributed by atoms with Gasteiger partial charge in [-0.3, -0.25) is 25.2 Å². The van der Waals surface area contributed by atoms with Crippen LogP contribution in [0.15, 0.2) is 78.9 Å². The Hall–Kier alpha value is -4.52. The number of hydrogen-bond acceptors (Lipinski definition) is 4. The van der Waals surface area contributed by atoms with Gasteiger partial charge in [0.2, 0.25) is 5.91 Å². The zero-order valence-corrected chi connectivity index (χ0v) is 17.3. The number of carbonyl (C=O) groups excluding carboxylic acids is 3. The van der Waals surface area contributed by atoms with E-state index in [4.69, 9.17) is 5.73 Å². The largest absolute Gasteiger partial charge is 0.366 e. The predicted molar refractivity (Wildman–Crippen MR) is 122 cm³/mol. The normalized spacial score (nSPS) is 10.5. The maximum atomic E-state index is 13.0. The molecule has 4 rings (SSSR count). The molecule has 3 amide bonds. The number of nitrogens with one attached hydrogen (secondary N) is 2. The Morgan fingerprint density at radius 2 is 1.47 bits per heavy atom. The van der Waals surface area contributed by atoms with E-state index in [0.29, 0.717) is 22.2 Å². The molecule has 1 heterocycles. The summed E-state index contributed by atoms with van der Waals surface area (Å²) in [6, 6.07) is 22.8. The van der Waals surface area contributed by atoms with Crippen LogP contribution in [0.1, 0.15) is 36.6 Å². The Kier molecular flexibility index (Phi) is 5.63. The first-order chi connectivity index (χ1) is 15.4. The van der Waals surface area contributed by atoms with E-state index >= 15 is 0 Å². The number of hydrogen-bond donors (Lipinski definition) is 3. The average Bonchev–Trinajstić information content (AvgIpc) is 2.82. The van der Waals surface area contributed by atoms with Gasteiger partial charge >= 0.3 is 0 Å². The summed E-state index contributed by atoms with van der Waals surface area (Å²) in [7, 11) is 0. The third-order valence-electron chi connectivity index (χ3n) is 5.01. The van der Waals surface area contributed by atoms with Crippen LogP contribution in [0.4, 0.5) is 0 Å². The van der Waals surface area contributed by atoms with Gasteiger partial charge < -0.3 is 5.73 Å². The van der Waals surface area contributed by atoms with Crippen LogP contribution in [0.25, 0.3) is 22.2 Å². The molecule has 0 aliphatic rings. The Labute approximate surface area is 184 Å². The lowest BCUT2D eigenvalue weighted by molar-refractivity contribution is 0.0847. The molecule has 0 bridgehead atoms.